The molecule has 3 nitrogen and oxygen atoms in total. The lowest BCUT2D eigenvalue weighted by Gasteiger charge is -2.07. The molecule has 3 heteroatoms. The van der Waals surface area contributed by atoms with E-state index in [4.69, 9.17) is 4.98 Å². The van der Waals surface area contributed by atoms with Crippen molar-refractivity contribution in [2.75, 3.05) is 0 Å². The fourth-order valence-corrected chi connectivity index (χ4v) is 2.31. The van der Waals surface area contributed by atoms with Crippen molar-refractivity contribution in [3.05, 3.63) is 48.7 Å². The minimum Gasteiger partial charge on any atom is -0.323 e. The fourth-order valence-electron chi connectivity index (χ4n) is 2.31. The number of hydrogen-bond acceptors (Lipinski definition) is 2. The summed E-state index contributed by atoms with van der Waals surface area (Å²) in [7, 11) is 0. The minimum absolute atomic E-state index is 0.940. The standard InChI is InChI=1S/C16H17N3/c1-2-3-12-19-15-10-5-4-8-13(15)18-16(19)14-9-6-7-11-17-14/h4-11H,2-3,12H2,1H3. The van der Waals surface area contributed by atoms with E-state index in [-0.39, 0.29) is 0 Å². The summed E-state index contributed by atoms with van der Waals surface area (Å²) >= 11 is 0. The van der Waals surface area contributed by atoms with Gasteiger partial charge in [-0.3, -0.25) is 4.98 Å². The van der Waals surface area contributed by atoms with Gasteiger partial charge in [-0.05, 0) is 30.7 Å². The molecule has 2 heterocycles. The monoisotopic (exact) mass is 251 g/mol. The molecule has 0 aliphatic rings. The molecular formula is C16H17N3. The number of pyridine rings is 1. The molecule has 0 aliphatic carbocycles. The highest BCUT2D eigenvalue weighted by molar-refractivity contribution is 5.79. The Hall–Kier alpha value is -2.16. The molecule has 3 rings (SSSR count). The van der Waals surface area contributed by atoms with Crippen molar-refractivity contribution in [1.29, 1.82) is 0 Å². The Labute approximate surface area is 112 Å². The minimum atomic E-state index is 0.940. The normalized spacial score (nSPS) is 11.0. The Balaban J connectivity index is 2.17. The largest absolute Gasteiger partial charge is 0.323 e. The maximum Gasteiger partial charge on any atom is 0.159 e. The SMILES string of the molecule is CCCCn1c(-c2ccccn2)nc2ccccc21. The van der Waals surface area contributed by atoms with E-state index in [0.717, 1.165) is 30.0 Å². The number of aryl methyl sites for hydroxylation is 1. The van der Waals surface area contributed by atoms with Gasteiger partial charge in [0, 0.05) is 12.7 Å². The predicted octanol–water partition coefficient (Wildman–Crippen LogP) is 3.90. The van der Waals surface area contributed by atoms with Crippen LogP contribution in [0.3, 0.4) is 0 Å². The van der Waals surface area contributed by atoms with Gasteiger partial charge in [-0.1, -0.05) is 31.5 Å². The van der Waals surface area contributed by atoms with Gasteiger partial charge in [-0.2, -0.15) is 0 Å². The van der Waals surface area contributed by atoms with Crippen LogP contribution in [0.4, 0.5) is 0 Å². The summed E-state index contributed by atoms with van der Waals surface area (Å²) in [4.78, 5) is 9.17. The number of hydrogen-bond donors (Lipinski definition) is 0. The number of rotatable bonds is 4. The molecule has 0 radical (unpaired) electrons. The van der Waals surface area contributed by atoms with Crippen LogP contribution in [0.5, 0.6) is 0 Å². The zero-order valence-electron chi connectivity index (χ0n) is 11.1. The first kappa shape index (κ1) is 11.9. The zero-order chi connectivity index (χ0) is 13.1. The van der Waals surface area contributed by atoms with E-state index in [1.807, 2.05) is 30.5 Å². The van der Waals surface area contributed by atoms with Gasteiger partial charge in [0.15, 0.2) is 5.82 Å². The predicted molar refractivity (Wildman–Crippen MR) is 77.9 cm³/mol. The first-order chi connectivity index (χ1) is 9.40. The molecule has 3 aromatic rings. The van der Waals surface area contributed by atoms with Gasteiger partial charge in [-0.25, -0.2) is 4.98 Å². The highest BCUT2D eigenvalue weighted by Gasteiger charge is 2.12. The van der Waals surface area contributed by atoms with Gasteiger partial charge >= 0.3 is 0 Å². The third kappa shape index (κ3) is 2.24. The Morgan fingerprint density at radius 1 is 1.05 bits per heavy atom. The van der Waals surface area contributed by atoms with Crippen LogP contribution in [0.1, 0.15) is 19.8 Å². The Bertz CT molecular complexity index is 671. The summed E-state index contributed by atoms with van der Waals surface area (Å²) < 4.78 is 2.28. The summed E-state index contributed by atoms with van der Waals surface area (Å²) in [6, 6.07) is 14.2. The second-order valence-corrected chi connectivity index (χ2v) is 4.64. The first-order valence-electron chi connectivity index (χ1n) is 6.77. The average Bonchev–Trinajstić information content (AvgIpc) is 2.85. The molecule has 2 aromatic heterocycles. The molecule has 0 N–H and O–H groups in total. The van der Waals surface area contributed by atoms with E-state index in [0.29, 0.717) is 0 Å². The number of nitrogens with zero attached hydrogens (tertiary/aromatic N) is 3. The van der Waals surface area contributed by atoms with Crippen molar-refractivity contribution >= 4 is 11.0 Å². The molecule has 0 saturated heterocycles. The van der Waals surface area contributed by atoms with Gasteiger partial charge in [-0.15, -0.1) is 0 Å². The van der Waals surface area contributed by atoms with Crippen LogP contribution >= 0.6 is 0 Å². The van der Waals surface area contributed by atoms with Crippen LogP contribution in [0.15, 0.2) is 48.7 Å². The quantitative estimate of drug-likeness (QED) is 0.704. The topological polar surface area (TPSA) is 30.7 Å². The number of unbranched alkanes of at least 4 members (excludes halogenated alkanes) is 1. The molecule has 0 bridgehead atoms. The average molecular weight is 251 g/mol. The number of imidazole rings is 1. The Kier molecular flexibility index (Phi) is 3.27. The van der Waals surface area contributed by atoms with Crippen LogP contribution in [0.25, 0.3) is 22.6 Å². The highest BCUT2D eigenvalue weighted by atomic mass is 15.1. The lowest BCUT2D eigenvalue weighted by atomic mass is 10.3. The van der Waals surface area contributed by atoms with E-state index >= 15 is 0 Å². The molecule has 0 unspecified atom stereocenters. The van der Waals surface area contributed by atoms with Crippen LogP contribution in [0.2, 0.25) is 0 Å². The third-order valence-electron chi connectivity index (χ3n) is 3.28. The molecule has 1 aromatic carbocycles. The van der Waals surface area contributed by atoms with Crippen LogP contribution < -0.4 is 0 Å². The summed E-state index contributed by atoms with van der Waals surface area (Å²) in [5.41, 5.74) is 3.17. The lowest BCUT2D eigenvalue weighted by Crippen LogP contribution is -2.01. The van der Waals surface area contributed by atoms with E-state index in [1.165, 1.54) is 11.9 Å². The van der Waals surface area contributed by atoms with Crippen molar-refractivity contribution in [2.45, 2.75) is 26.3 Å². The van der Waals surface area contributed by atoms with Crippen molar-refractivity contribution in [1.82, 2.24) is 14.5 Å². The van der Waals surface area contributed by atoms with E-state index in [1.54, 1.807) is 0 Å². The van der Waals surface area contributed by atoms with Crippen molar-refractivity contribution in [3.63, 3.8) is 0 Å². The molecular weight excluding hydrogens is 234 g/mol. The zero-order valence-corrected chi connectivity index (χ0v) is 11.1. The maximum atomic E-state index is 4.74. The molecule has 0 atom stereocenters. The Morgan fingerprint density at radius 2 is 1.89 bits per heavy atom. The molecule has 0 amide bonds. The lowest BCUT2D eigenvalue weighted by molar-refractivity contribution is 0.650. The van der Waals surface area contributed by atoms with Crippen molar-refractivity contribution in [3.8, 4) is 11.5 Å². The van der Waals surface area contributed by atoms with Gasteiger partial charge in [0.2, 0.25) is 0 Å². The number of fused-ring (bicyclic) bond motifs is 1. The van der Waals surface area contributed by atoms with E-state index < -0.39 is 0 Å². The van der Waals surface area contributed by atoms with Crippen LogP contribution in [-0.2, 0) is 6.54 Å². The summed E-state index contributed by atoms with van der Waals surface area (Å²) in [5.74, 6) is 0.968. The Morgan fingerprint density at radius 3 is 2.68 bits per heavy atom. The van der Waals surface area contributed by atoms with Gasteiger partial charge in [0.05, 0.1) is 11.0 Å². The molecule has 96 valence electrons. The summed E-state index contributed by atoms with van der Waals surface area (Å²) in [5, 5.41) is 0. The summed E-state index contributed by atoms with van der Waals surface area (Å²) in [6.45, 7) is 3.20. The smallest absolute Gasteiger partial charge is 0.159 e. The van der Waals surface area contributed by atoms with E-state index in [2.05, 4.69) is 34.7 Å². The molecule has 0 spiro atoms. The number of benzene rings is 1. The second kappa shape index (κ2) is 5.22. The van der Waals surface area contributed by atoms with Crippen molar-refractivity contribution < 1.29 is 0 Å². The van der Waals surface area contributed by atoms with Crippen molar-refractivity contribution in [2.24, 2.45) is 0 Å². The highest BCUT2D eigenvalue weighted by Crippen LogP contribution is 2.23. The van der Waals surface area contributed by atoms with E-state index in [9.17, 15) is 0 Å². The van der Waals surface area contributed by atoms with Crippen LogP contribution in [-0.4, -0.2) is 14.5 Å². The second-order valence-electron chi connectivity index (χ2n) is 4.64. The molecule has 0 fully saturated rings. The maximum absolute atomic E-state index is 4.74. The number of aromatic nitrogens is 3. The fraction of sp³-hybridized carbons (Fsp3) is 0.250. The van der Waals surface area contributed by atoms with Gasteiger partial charge < -0.3 is 4.57 Å². The first-order valence-corrected chi connectivity index (χ1v) is 6.77. The molecule has 0 saturated carbocycles. The number of para-hydroxylation sites is 2. The third-order valence-corrected chi connectivity index (χ3v) is 3.28. The summed E-state index contributed by atoms with van der Waals surface area (Å²) in [6.07, 6.45) is 4.15. The van der Waals surface area contributed by atoms with Gasteiger partial charge in [0.1, 0.15) is 5.69 Å². The van der Waals surface area contributed by atoms with Crippen LogP contribution in [0, 0.1) is 0 Å². The van der Waals surface area contributed by atoms with Gasteiger partial charge in [0.25, 0.3) is 0 Å². The molecule has 19 heavy (non-hydrogen) atoms. The molecule has 0 aliphatic heterocycles.